The lowest BCUT2D eigenvalue weighted by Crippen LogP contribution is -2.31. The number of nitrogens with one attached hydrogen (secondary N) is 1. The summed E-state index contributed by atoms with van der Waals surface area (Å²) in [5.41, 5.74) is 1.000. The van der Waals surface area contributed by atoms with Gasteiger partial charge < -0.3 is 9.73 Å². The molecule has 1 fully saturated rings. The summed E-state index contributed by atoms with van der Waals surface area (Å²) < 4.78 is 19.2. The molecule has 1 aliphatic carbocycles. The molecule has 1 unspecified atom stereocenters. The highest BCUT2D eigenvalue weighted by Gasteiger charge is 2.38. The maximum Gasteiger partial charge on any atom is 0.134 e. The van der Waals surface area contributed by atoms with E-state index in [9.17, 15) is 4.39 Å². The highest BCUT2D eigenvalue weighted by molar-refractivity contribution is 5.78. The second-order valence-corrected chi connectivity index (χ2v) is 5.91. The molecule has 0 saturated heterocycles. The van der Waals surface area contributed by atoms with Gasteiger partial charge in [0.2, 0.25) is 0 Å². The van der Waals surface area contributed by atoms with Crippen LogP contribution in [0.15, 0.2) is 28.7 Å². The molecule has 0 aliphatic heterocycles. The normalized spacial score (nSPS) is 19.9. The summed E-state index contributed by atoms with van der Waals surface area (Å²) in [6.45, 7) is 2.31. The first kappa shape index (κ1) is 12.7. The Labute approximate surface area is 113 Å². The molecule has 1 aliphatic rings. The molecule has 19 heavy (non-hydrogen) atoms. The first-order valence-electron chi connectivity index (χ1n) is 6.99. The molecule has 1 saturated carbocycles. The van der Waals surface area contributed by atoms with Gasteiger partial charge in [-0.3, -0.25) is 0 Å². The summed E-state index contributed by atoms with van der Waals surface area (Å²) in [7, 11) is 1.97. The standard InChI is InChI=1S/C16H20FNO/c1-16(7-3-4-8-16)15(18-2)14-10-11-9-12(17)5-6-13(11)19-14/h5-6,9-10,15,18H,3-4,7-8H2,1-2H3. The van der Waals surface area contributed by atoms with Crippen LogP contribution >= 0.6 is 0 Å². The Bertz CT molecular complexity index is 583. The van der Waals surface area contributed by atoms with E-state index in [-0.39, 0.29) is 17.3 Å². The molecule has 0 amide bonds. The molecular formula is C16H20FNO. The van der Waals surface area contributed by atoms with Gasteiger partial charge in [0.15, 0.2) is 0 Å². The van der Waals surface area contributed by atoms with Crippen LogP contribution in [0.5, 0.6) is 0 Å². The SMILES string of the molecule is CNC(c1cc2cc(F)ccc2o1)C1(C)CCCC1. The van der Waals surface area contributed by atoms with Crippen molar-refractivity contribution in [2.45, 2.75) is 38.6 Å². The Balaban J connectivity index is 2.01. The van der Waals surface area contributed by atoms with Gasteiger partial charge in [0.1, 0.15) is 17.2 Å². The van der Waals surface area contributed by atoms with Gasteiger partial charge in [-0.1, -0.05) is 19.8 Å². The Morgan fingerprint density at radius 3 is 2.68 bits per heavy atom. The van der Waals surface area contributed by atoms with Gasteiger partial charge in [0.05, 0.1) is 6.04 Å². The van der Waals surface area contributed by atoms with Crippen molar-refractivity contribution in [2.75, 3.05) is 7.05 Å². The van der Waals surface area contributed by atoms with Crippen LogP contribution in [0.4, 0.5) is 4.39 Å². The number of benzene rings is 1. The maximum atomic E-state index is 13.2. The first-order chi connectivity index (χ1) is 9.12. The topological polar surface area (TPSA) is 25.2 Å². The monoisotopic (exact) mass is 261 g/mol. The minimum Gasteiger partial charge on any atom is -0.459 e. The van der Waals surface area contributed by atoms with E-state index in [0.717, 1.165) is 16.7 Å². The quantitative estimate of drug-likeness (QED) is 0.885. The predicted octanol–water partition coefficient (Wildman–Crippen LogP) is 4.41. The molecule has 0 bridgehead atoms. The Morgan fingerprint density at radius 2 is 2.00 bits per heavy atom. The van der Waals surface area contributed by atoms with Crippen molar-refractivity contribution in [1.29, 1.82) is 0 Å². The van der Waals surface area contributed by atoms with E-state index in [4.69, 9.17) is 4.42 Å². The molecule has 0 radical (unpaired) electrons. The lowest BCUT2D eigenvalue weighted by molar-refractivity contribution is 0.209. The number of furan rings is 1. The van der Waals surface area contributed by atoms with Crippen LogP contribution in [0.3, 0.4) is 0 Å². The first-order valence-corrected chi connectivity index (χ1v) is 6.99. The zero-order valence-corrected chi connectivity index (χ0v) is 11.5. The summed E-state index contributed by atoms with van der Waals surface area (Å²) >= 11 is 0. The lowest BCUT2D eigenvalue weighted by Gasteiger charge is -2.32. The van der Waals surface area contributed by atoms with Crippen molar-refractivity contribution in [3.63, 3.8) is 0 Å². The molecule has 1 N–H and O–H groups in total. The maximum absolute atomic E-state index is 13.2. The van der Waals surface area contributed by atoms with E-state index in [1.807, 2.05) is 13.1 Å². The van der Waals surface area contributed by atoms with Gasteiger partial charge in [-0.25, -0.2) is 4.39 Å². The summed E-state index contributed by atoms with van der Waals surface area (Å²) in [5, 5.41) is 4.23. The fourth-order valence-corrected chi connectivity index (χ4v) is 3.48. The minimum absolute atomic E-state index is 0.200. The molecule has 1 aromatic carbocycles. The molecule has 2 aromatic rings. The van der Waals surface area contributed by atoms with Gasteiger partial charge in [0.25, 0.3) is 0 Å². The molecule has 0 spiro atoms. The molecule has 1 atom stereocenters. The van der Waals surface area contributed by atoms with Crippen LogP contribution < -0.4 is 5.32 Å². The molecule has 3 rings (SSSR count). The van der Waals surface area contributed by atoms with Crippen molar-refractivity contribution in [3.05, 3.63) is 35.8 Å². The average molecular weight is 261 g/mol. The second-order valence-electron chi connectivity index (χ2n) is 5.91. The van der Waals surface area contributed by atoms with Crippen molar-refractivity contribution >= 4 is 11.0 Å². The average Bonchev–Trinajstić information content (AvgIpc) is 2.96. The Morgan fingerprint density at radius 1 is 1.26 bits per heavy atom. The summed E-state index contributed by atoms with van der Waals surface area (Å²) in [5.74, 6) is 0.709. The number of halogens is 1. The molecular weight excluding hydrogens is 241 g/mol. The van der Waals surface area contributed by atoms with E-state index in [1.165, 1.54) is 37.8 Å². The zero-order valence-electron chi connectivity index (χ0n) is 11.5. The fraction of sp³-hybridized carbons (Fsp3) is 0.500. The fourth-order valence-electron chi connectivity index (χ4n) is 3.48. The van der Waals surface area contributed by atoms with Crippen LogP contribution in [0.25, 0.3) is 11.0 Å². The third-order valence-electron chi connectivity index (χ3n) is 4.51. The number of hydrogen-bond acceptors (Lipinski definition) is 2. The van der Waals surface area contributed by atoms with Crippen LogP contribution in [0.1, 0.15) is 44.4 Å². The molecule has 102 valence electrons. The van der Waals surface area contributed by atoms with E-state index < -0.39 is 0 Å². The van der Waals surface area contributed by atoms with Crippen molar-refractivity contribution in [2.24, 2.45) is 5.41 Å². The van der Waals surface area contributed by atoms with E-state index in [0.29, 0.717) is 0 Å². The molecule has 1 aromatic heterocycles. The van der Waals surface area contributed by atoms with Gasteiger partial charge in [0, 0.05) is 5.39 Å². The Kier molecular flexibility index (Phi) is 3.09. The van der Waals surface area contributed by atoms with Gasteiger partial charge in [-0.2, -0.15) is 0 Å². The molecule has 1 heterocycles. The summed E-state index contributed by atoms with van der Waals surface area (Å²) in [4.78, 5) is 0. The van der Waals surface area contributed by atoms with Gasteiger partial charge in [-0.15, -0.1) is 0 Å². The second kappa shape index (κ2) is 4.64. The van der Waals surface area contributed by atoms with Crippen LogP contribution in [-0.4, -0.2) is 7.05 Å². The number of fused-ring (bicyclic) bond motifs is 1. The lowest BCUT2D eigenvalue weighted by atomic mass is 9.79. The van der Waals surface area contributed by atoms with Crippen LogP contribution in [0.2, 0.25) is 0 Å². The highest BCUT2D eigenvalue weighted by Crippen LogP contribution is 2.47. The van der Waals surface area contributed by atoms with E-state index in [1.54, 1.807) is 6.07 Å². The van der Waals surface area contributed by atoms with Gasteiger partial charge >= 0.3 is 0 Å². The summed E-state index contributed by atoms with van der Waals surface area (Å²) in [6.07, 6.45) is 4.99. The van der Waals surface area contributed by atoms with Crippen molar-refractivity contribution < 1.29 is 8.81 Å². The van der Waals surface area contributed by atoms with Crippen LogP contribution in [0, 0.1) is 11.2 Å². The largest absolute Gasteiger partial charge is 0.459 e. The van der Waals surface area contributed by atoms with Crippen molar-refractivity contribution in [1.82, 2.24) is 5.32 Å². The molecule has 2 nitrogen and oxygen atoms in total. The van der Waals surface area contributed by atoms with Gasteiger partial charge in [-0.05, 0) is 49.6 Å². The predicted molar refractivity (Wildman–Crippen MR) is 74.5 cm³/mol. The summed E-state index contributed by atoms with van der Waals surface area (Å²) in [6, 6.07) is 6.86. The number of hydrogen-bond donors (Lipinski definition) is 1. The smallest absolute Gasteiger partial charge is 0.134 e. The van der Waals surface area contributed by atoms with Crippen molar-refractivity contribution in [3.8, 4) is 0 Å². The van der Waals surface area contributed by atoms with Crippen LogP contribution in [-0.2, 0) is 0 Å². The number of rotatable bonds is 3. The molecule has 3 heteroatoms. The third-order valence-corrected chi connectivity index (χ3v) is 4.51. The zero-order chi connectivity index (χ0) is 13.5. The van der Waals surface area contributed by atoms with E-state index >= 15 is 0 Å². The van der Waals surface area contributed by atoms with E-state index in [2.05, 4.69) is 12.2 Å². The minimum atomic E-state index is -0.215. The Hall–Kier alpha value is -1.35. The third kappa shape index (κ3) is 2.16. The highest BCUT2D eigenvalue weighted by atomic mass is 19.1.